The van der Waals surface area contributed by atoms with Crippen LogP contribution in [0.1, 0.15) is 24.8 Å². The molecular weight excluding hydrogens is 286 g/mol. The van der Waals surface area contributed by atoms with Crippen molar-refractivity contribution in [1.82, 2.24) is 5.32 Å². The zero-order valence-corrected chi connectivity index (χ0v) is 12.2. The molecular formula is C16H19NO5. The Morgan fingerprint density at radius 1 is 1.23 bits per heavy atom. The molecule has 1 aromatic rings. The molecule has 1 aliphatic heterocycles. The van der Waals surface area contributed by atoms with Crippen LogP contribution in [0.2, 0.25) is 0 Å². The number of carboxylic acids is 1. The van der Waals surface area contributed by atoms with Gasteiger partial charge in [0.25, 0.3) is 0 Å². The van der Waals surface area contributed by atoms with Gasteiger partial charge in [-0.3, -0.25) is 4.79 Å². The van der Waals surface area contributed by atoms with Crippen LogP contribution < -0.4 is 14.8 Å². The van der Waals surface area contributed by atoms with Crippen molar-refractivity contribution in [3.05, 3.63) is 23.8 Å². The summed E-state index contributed by atoms with van der Waals surface area (Å²) in [6, 6.07) is 4.54. The Labute approximate surface area is 128 Å². The molecule has 0 saturated heterocycles. The number of ether oxygens (including phenoxy) is 2. The highest BCUT2D eigenvalue weighted by atomic mass is 16.6. The van der Waals surface area contributed by atoms with E-state index in [1.54, 1.807) is 18.2 Å². The zero-order chi connectivity index (χ0) is 15.5. The number of amides is 1. The molecule has 0 radical (unpaired) electrons. The predicted molar refractivity (Wildman–Crippen MR) is 78.0 cm³/mol. The molecule has 0 bridgehead atoms. The van der Waals surface area contributed by atoms with Gasteiger partial charge >= 0.3 is 5.97 Å². The number of fused-ring (bicyclic) bond motifs is 1. The summed E-state index contributed by atoms with van der Waals surface area (Å²) in [5.74, 6) is 0.486. The van der Waals surface area contributed by atoms with Crippen molar-refractivity contribution >= 4 is 11.9 Å². The molecule has 22 heavy (non-hydrogen) atoms. The molecule has 1 fully saturated rings. The lowest BCUT2D eigenvalue weighted by Crippen LogP contribution is -2.41. The fourth-order valence-corrected chi connectivity index (χ4v) is 2.54. The van der Waals surface area contributed by atoms with E-state index in [2.05, 4.69) is 5.32 Å². The largest absolute Gasteiger partial charge is 0.486 e. The molecule has 3 rings (SSSR count). The van der Waals surface area contributed by atoms with E-state index in [1.165, 1.54) is 0 Å². The van der Waals surface area contributed by atoms with Gasteiger partial charge in [-0.05, 0) is 30.0 Å². The summed E-state index contributed by atoms with van der Waals surface area (Å²) in [6.07, 6.45) is 2.76. The maximum Gasteiger partial charge on any atom is 0.326 e. The van der Waals surface area contributed by atoms with Crippen LogP contribution in [0.3, 0.4) is 0 Å². The predicted octanol–water partition coefficient (Wildman–Crippen LogP) is 1.37. The second kappa shape index (κ2) is 6.25. The Morgan fingerprint density at radius 3 is 2.64 bits per heavy atom. The summed E-state index contributed by atoms with van der Waals surface area (Å²) < 4.78 is 10.9. The van der Waals surface area contributed by atoms with Gasteiger partial charge in [0.1, 0.15) is 19.3 Å². The fourth-order valence-electron chi connectivity index (χ4n) is 2.54. The third-order valence-electron chi connectivity index (χ3n) is 3.87. The number of carbonyl (C=O) groups is 2. The maximum atomic E-state index is 12.1. The minimum atomic E-state index is -0.970. The van der Waals surface area contributed by atoms with Gasteiger partial charge in [0, 0.05) is 0 Å². The Morgan fingerprint density at radius 2 is 1.95 bits per heavy atom. The van der Waals surface area contributed by atoms with Gasteiger partial charge < -0.3 is 19.9 Å². The van der Waals surface area contributed by atoms with Crippen LogP contribution in [0.4, 0.5) is 0 Å². The van der Waals surface area contributed by atoms with Gasteiger partial charge in [0.05, 0.1) is 6.42 Å². The molecule has 1 heterocycles. The minimum absolute atomic E-state index is 0.130. The molecule has 2 N–H and O–H groups in total. The maximum absolute atomic E-state index is 12.1. The smallest absolute Gasteiger partial charge is 0.326 e. The third-order valence-corrected chi connectivity index (χ3v) is 3.87. The highest BCUT2D eigenvalue weighted by Crippen LogP contribution is 2.33. The van der Waals surface area contributed by atoms with E-state index in [-0.39, 0.29) is 12.3 Å². The molecule has 1 atom stereocenters. The van der Waals surface area contributed by atoms with E-state index in [9.17, 15) is 14.7 Å². The van der Waals surface area contributed by atoms with Crippen molar-refractivity contribution in [3.8, 4) is 11.5 Å². The monoisotopic (exact) mass is 305 g/mol. The average Bonchev–Trinajstić information content (AvgIpc) is 3.30. The first-order chi connectivity index (χ1) is 10.6. The number of benzene rings is 1. The molecule has 1 saturated carbocycles. The average molecular weight is 305 g/mol. The molecule has 1 amide bonds. The lowest BCUT2D eigenvalue weighted by atomic mass is 10.1. The summed E-state index contributed by atoms with van der Waals surface area (Å²) in [5, 5.41) is 11.8. The van der Waals surface area contributed by atoms with E-state index in [0.717, 1.165) is 18.4 Å². The number of carboxylic acid groups (broad SMARTS) is 1. The van der Waals surface area contributed by atoms with Gasteiger partial charge in [0.15, 0.2) is 11.5 Å². The Kier molecular flexibility index (Phi) is 4.18. The summed E-state index contributed by atoms with van der Waals surface area (Å²) >= 11 is 0. The van der Waals surface area contributed by atoms with Crippen molar-refractivity contribution < 1.29 is 24.2 Å². The van der Waals surface area contributed by atoms with Gasteiger partial charge in [-0.2, -0.15) is 0 Å². The number of carbonyl (C=O) groups excluding carboxylic acids is 1. The highest BCUT2D eigenvalue weighted by molar-refractivity contribution is 5.85. The lowest BCUT2D eigenvalue weighted by molar-refractivity contribution is -0.142. The SMILES string of the molecule is O=C(Cc1ccc2c(c1)OCCO2)NC(CC1CC1)C(=O)O. The van der Waals surface area contributed by atoms with Crippen molar-refractivity contribution in [2.45, 2.75) is 31.7 Å². The van der Waals surface area contributed by atoms with Gasteiger partial charge in [-0.1, -0.05) is 18.9 Å². The van der Waals surface area contributed by atoms with Gasteiger partial charge in [0.2, 0.25) is 5.91 Å². The van der Waals surface area contributed by atoms with Gasteiger partial charge in [-0.25, -0.2) is 4.79 Å². The van der Waals surface area contributed by atoms with Crippen molar-refractivity contribution in [3.63, 3.8) is 0 Å². The van der Waals surface area contributed by atoms with E-state index in [0.29, 0.717) is 37.1 Å². The number of aliphatic carboxylic acids is 1. The quantitative estimate of drug-likeness (QED) is 0.829. The van der Waals surface area contributed by atoms with E-state index >= 15 is 0 Å². The first kappa shape index (κ1) is 14.7. The topological polar surface area (TPSA) is 84.9 Å². The third kappa shape index (κ3) is 3.69. The van der Waals surface area contributed by atoms with Crippen molar-refractivity contribution in [2.24, 2.45) is 5.92 Å². The Hall–Kier alpha value is -2.24. The lowest BCUT2D eigenvalue weighted by Gasteiger charge is -2.19. The highest BCUT2D eigenvalue weighted by Gasteiger charge is 2.30. The van der Waals surface area contributed by atoms with E-state index in [1.807, 2.05) is 0 Å². The number of nitrogens with one attached hydrogen (secondary N) is 1. The molecule has 0 spiro atoms. The molecule has 2 aliphatic rings. The molecule has 1 unspecified atom stereocenters. The van der Waals surface area contributed by atoms with Crippen LogP contribution in [-0.2, 0) is 16.0 Å². The first-order valence-corrected chi connectivity index (χ1v) is 7.52. The molecule has 0 aromatic heterocycles. The number of hydrogen-bond donors (Lipinski definition) is 2. The van der Waals surface area contributed by atoms with Crippen LogP contribution in [0, 0.1) is 5.92 Å². The Balaban J connectivity index is 1.59. The second-order valence-corrected chi connectivity index (χ2v) is 5.79. The van der Waals surface area contributed by atoms with E-state index < -0.39 is 12.0 Å². The van der Waals surface area contributed by atoms with Crippen LogP contribution in [0.15, 0.2) is 18.2 Å². The van der Waals surface area contributed by atoms with Crippen molar-refractivity contribution in [2.75, 3.05) is 13.2 Å². The normalized spacial score (nSPS) is 17.6. The summed E-state index contributed by atoms with van der Waals surface area (Å²) in [6.45, 7) is 1.01. The standard InChI is InChI=1S/C16H19NO5/c18-15(17-12(16(19)20)7-10-1-2-10)9-11-3-4-13-14(8-11)22-6-5-21-13/h3-4,8,10,12H,1-2,5-7,9H2,(H,17,18)(H,19,20). The second-order valence-electron chi connectivity index (χ2n) is 5.79. The molecule has 1 aromatic carbocycles. The van der Waals surface area contributed by atoms with Crippen LogP contribution >= 0.6 is 0 Å². The summed E-state index contributed by atoms with van der Waals surface area (Å²) in [5.41, 5.74) is 0.775. The molecule has 6 nitrogen and oxygen atoms in total. The molecule has 1 aliphatic carbocycles. The van der Waals surface area contributed by atoms with Crippen molar-refractivity contribution in [1.29, 1.82) is 0 Å². The number of rotatable bonds is 6. The first-order valence-electron chi connectivity index (χ1n) is 7.52. The van der Waals surface area contributed by atoms with Crippen LogP contribution in [0.5, 0.6) is 11.5 Å². The van der Waals surface area contributed by atoms with E-state index in [4.69, 9.17) is 9.47 Å². The summed E-state index contributed by atoms with van der Waals surface area (Å²) in [4.78, 5) is 23.2. The van der Waals surface area contributed by atoms with Crippen LogP contribution in [-0.4, -0.2) is 36.2 Å². The minimum Gasteiger partial charge on any atom is -0.486 e. The van der Waals surface area contributed by atoms with Crippen LogP contribution in [0.25, 0.3) is 0 Å². The fraction of sp³-hybridized carbons (Fsp3) is 0.500. The summed E-state index contributed by atoms with van der Waals surface area (Å²) in [7, 11) is 0. The number of hydrogen-bond acceptors (Lipinski definition) is 4. The zero-order valence-electron chi connectivity index (χ0n) is 12.2. The molecule has 6 heteroatoms. The molecule has 118 valence electrons. The Bertz CT molecular complexity index is 582. The van der Waals surface area contributed by atoms with Gasteiger partial charge in [-0.15, -0.1) is 0 Å².